The third kappa shape index (κ3) is 3.18. The van der Waals surface area contributed by atoms with Crippen LogP contribution in [-0.2, 0) is 6.54 Å². The first-order chi connectivity index (χ1) is 7.99. The number of nitrogen functional groups attached to an aromatic ring is 1. The Hall–Kier alpha value is -0.650. The molecule has 1 aromatic heterocycles. The number of aromatic nitrogens is 1. The number of thiazole rings is 1. The van der Waals surface area contributed by atoms with Crippen LogP contribution in [0.4, 0.5) is 5.13 Å². The number of likely N-dealkylation sites (tertiary alicyclic amines) is 1. The Morgan fingerprint density at radius 3 is 2.88 bits per heavy atom. The van der Waals surface area contributed by atoms with Crippen LogP contribution in [0.2, 0.25) is 0 Å². The minimum Gasteiger partial charge on any atom is -0.300 e. The molecule has 96 valence electrons. The molecule has 1 aliphatic heterocycles. The van der Waals surface area contributed by atoms with Crippen molar-refractivity contribution in [2.45, 2.75) is 33.7 Å². The minimum atomic E-state index is 0.423. The molecule has 1 aromatic rings. The second-order valence-corrected chi connectivity index (χ2v) is 6.98. The first kappa shape index (κ1) is 12.8. The van der Waals surface area contributed by atoms with Crippen LogP contribution in [0.25, 0.3) is 0 Å². The lowest BCUT2D eigenvalue weighted by Crippen LogP contribution is -2.25. The van der Waals surface area contributed by atoms with E-state index in [0.29, 0.717) is 5.41 Å². The normalized spacial score (nSPS) is 22.0. The number of nitrogens with one attached hydrogen (secondary N) is 1. The minimum absolute atomic E-state index is 0.423. The lowest BCUT2D eigenvalue weighted by molar-refractivity contribution is 0.227. The van der Waals surface area contributed by atoms with E-state index in [0.717, 1.165) is 17.6 Å². The van der Waals surface area contributed by atoms with Gasteiger partial charge >= 0.3 is 0 Å². The zero-order valence-corrected chi connectivity index (χ0v) is 11.7. The average molecular weight is 254 g/mol. The van der Waals surface area contributed by atoms with Crippen LogP contribution in [0, 0.1) is 11.3 Å². The summed E-state index contributed by atoms with van der Waals surface area (Å²) in [5.74, 6) is 6.14. The van der Waals surface area contributed by atoms with Gasteiger partial charge in [0.15, 0.2) is 5.13 Å². The van der Waals surface area contributed by atoms with Crippen molar-refractivity contribution in [3.8, 4) is 0 Å². The second-order valence-electron chi connectivity index (χ2n) is 5.86. The summed E-state index contributed by atoms with van der Waals surface area (Å²) >= 11 is 1.64. The van der Waals surface area contributed by atoms with E-state index in [1.54, 1.807) is 11.3 Å². The van der Waals surface area contributed by atoms with E-state index in [1.165, 1.54) is 24.4 Å². The Balaban J connectivity index is 1.89. The molecule has 0 aromatic carbocycles. The molecule has 0 saturated carbocycles. The number of rotatable bonds is 3. The van der Waals surface area contributed by atoms with Crippen LogP contribution in [0.5, 0.6) is 0 Å². The summed E-state index contributed by atoms with van der Waals surface area (Å²) in [5.41, 5.74) is 3.02. The quantitative estimate of drug-likeness (QED) is 0.642. The molecule has 1 fully saturated rings. The molecule has 1 unspecified atom stereocenters. The predicted octanol–water partition coefficient (Wildman–Crippen LogP) is 2.30. The lowest BCUT2D eigenvalue weighted by Gasteiger charge is -2.27. The largest absolute Gasteiger partial charge is 0.300 e. The highest BCUT2D eigenvalue weighted by atomic mass is 32.1. The molecule has 0 amide bonds. The zero-order chi connectivity index (χ0) is 12.5. The van der Waals surface area contributed by atoms with Gasteiger partial charge in [0, 0.05) is 24.2 Å². The molecular formula is C12H22N4S. The predicted molar refractivity (Wildman–Crippen MR) is 72.8 cm³/mol. The molecule has 3 N–H and O–H groups in total. The number of hydrogen-bond acceptors (Lipinski definition) is 5. The fraction of sp³-hybridized carbons (Fsp3) is 0.750. The van der Waals surface area contributed by atoms with Crippen LogP contribution >= 0.6 is 11.3 Å². The summed E-state index contributed by atoms with van der Waals surface area (Å²) in [6.45, 7) is 10.4. The fourth-order valence-corrected chi connectivity index (χ4v) is 3.12. The fourth-order valence-electron chi connectivity index (χ4n) is 2.35. The summed E-state index contributed by atoms with van der Waals surface area (Å²) in [5, 5.41) is 0.798. The van der Waals surface area contributed by atoms with Crippen LogP contribution in [0.3, 0.4) is 0 Å². The van der Waals surface area contributed by atoms with Crippen molar-refractivity contribution in [3.05, 3.63) is 11.1 Å². The molecule has 5 heteroatoms. The molecule has 2 heterocycles. The van der Waals surface area contributed by atoms with E-state index in [9.17, 15) is 0 Å². The van der Waals surface area contributed by atoms with Gasteiger partial charge in [-0.15, -0.1) is 0 Å². The van der Waals surface area contributed by atoms with Crippen molar-refractivity contribution in [1.29, 1.82) is 0 Å². The smallest absolute Gasteiger partial charge is 0.197 e. The van der Waals surface area contributed by atoms with Gasteiger partial charge in [0.1, 0.15) is 0 Å². The van der Waals surface area contributed by atoms with Crippen LogP contribution in [0.1, 0.15) is 32.1 Å². The van der Waals surface area contributed by atoms with E-state index >= 15 is 0 Å². The molecule has 0 bridgehead atoms. The Bertz CT molecular complexity index is 369. The molecule has 0 spiro atoms. The summed E-state index contributed by atoms with van der Waals surface area (Å²) < 4.78 is 0. The van der Waals surface area contributed by atoms with Crippen molar-refractivity contribution >= 4 is 16.5 Å². The van der Waals surface area contributed by atoms with E-state index in [4.69, 9.17) is 5.84 Å². The summed E-state index contributed by atoms with van der Waals surface area (Å²) in [6, 6.07) is 0. The second kappa shape index (κ2) is 4.92. The van der Waals surface area contributed by atoms with Gasteiger partial charge in [0.25, 0.3) is 0 Å². The summed E-state index contributed by atoms with van der Waals surface area (Å²) in [6.07, 6.45) is 3.23. The van der Waals surface area contributed by atoms with Crippen LogP contribution in [0.15, 0.2) is 6.20 Å². The highest BCUT2D eigenvalue weighted by Crippen LogP contribution is 2.34. The number of hydrazine groups is 1. The molecule has 1 aliphatic rings. The van der Waals surface area contributed by atoms with Crippen LogP contribution < -0.4 is 11.3 Å². The van der Waals surface area contributed by atoms with Gasteiger partial charge in [-0.05, 0) is 24.3 Å². The maximum atomic E-state index is 5.33. The average Bonchev–Trinajstić information content (AvgIpc) is 2.86. The van der Waals surface area contributed by atoms with Crippen molar-refractivity contribution < 1.29 is 0 Å². The third-order valence-corrected chi connectivity index (χ3v) is 4.47. The number of nitrogens with two attached hydrogens (primary N) is 1. The van der Waals surface area contributed by atoms with E-state index < -0.39 is 0 Å². The topological polar surface area (TPSA) is 54.2 Å². The highest BCUT2D eigenvalue weighted by Gasteiger charge is 2.31. The van der Waals surface area contributed by atoms with Gasteiger partial charge in [-0.25, -0.2) is 10.8 Å². The molecule has 1 atom stereocenters. The molecule has 2 rings (SSSR count). The Kier molecular flexibility index (Phi) is 3.70. The van der Waals surface area contributed by atoms with Crippen molar-refractivity contribution in [1.82, 2.24) is 9.88 Å². The number of anilines is 1. The standard InChI is InChI=1S/C12H22N4S/c1-12(2,3)9-4-5-16(7-9)8-10-6-14-11(15-13)17-10/h6,9H,4-5,7-8,13H2,1-3H3,(H,14,15). The van der Waals surface area contributed by atoms with Gasteiger partial charge in [-0.2, -0.15) is 0 Å². The molecule has 0 radical (unpaired) electrons. The SMILES string of the molecule is CC(C)(C)C1CCN(Cc2cnc(NN)s2)C1. The van der Waals surface area contributed by atoms with Crippen molar-refractivity contribution in [2.75, 3.05) is 18.5 Å². The number of hydrogen-bond donors (Lipinski definition) is 2. The van der Waals surface area contributed by atoms with E-state index in [-0.39, 0.29) is 0 Å². The van der Waals surface area contributed by atoms with Crippen LogP contribution in [-0.4, -0.2) is 23.0 Å². The molecule has 0 aliphatic carbocycles. The summed E-state index contributed by atoms with van der Waals surface area (Å²) in [4.78, 5) is 8.00. The lowest BCUT2D eigenvalue weighted by atomic mass is 9.80. The zero-order valence-electron chi connectivity index (χ0n) is 10.9. The van der Waals surface area contributed by atoms with Gasteiger partial charge in [0.05, 0.1) is 0 Å². The molecule has 17 heavy (non-hydrogen) atoms. The highest BCUT2D eigenvalue weighted by molar-refractivity contribution is 7.15. The first-order valence-electron chi connectivity index (χ1n) is 6.12. The maximum absolute atomic E-state index is 5.33. The van der Waals surface area contributed by atoms with Crippen molar-refractivity contribution in [2.24, 2.45) is 17.2 Å². The number of nitrogens with zero attached hydrogens (tertiary/aromatic N) is 2. The summed E-state index contributed by atoms with van der Waals surface area (Å²) in [7, 11) is 0. The van der Waals surface area contributed by atoms with E-state index in [2.05, 4.69) is 36.1 Å². The first-order valence-corrected chi connectivity index (χ1v) is 6.94. The Morgan fingerprint density at radius 2 is 2.35 bits per heavy atom. The van der Waals surface area contributed by atoms with E-state index in [1.807, 2.05) is 6.20 Å². The molecule has 1 saturated heterocycles. The molecular weight excluding hydrogens is 232 g/mol. The van der Waals surface area contributed by atoms with Gasteiger partial charge in [0.2, 0.25) is 0 Å². The Labute approximate surface area is 107 Å². The maximum Gasteiger partial charge on any atom is 0.197 e. The third-order valence-electron chi connectivity index (χ3n) is 3.55. The van der Waals surface area contributed by atoms with Gasteiger partial charge in [-0.3, -0.25) is 10.3 Å². The monoisotopic (exact) mass is 254 g/mol. The molecule has 4 nitrogen and oxygen atoms in total. The van der Waals surface area contributed by atoms with Gasteiger partial charge < -0.3 is 0 Å². The Morgan fingerprint density at radius 1 is 1.59 bits per heavy atom. The van der Waals surface area contributed by atoms with Crippen molar-refractivity contribution in [3.63, 3.8) is 0 Å². The van der Waals surface area contributed by atoms with Gasteiger partial charge in [-0.1, -0.05) is 32.1 Å².